The Kier molecular flexibility index (Phi) is 4.56. The highest BCUT2D eigenvalue weighted by atomic mass is 79.9. The van der Waals surface area contributed by atoms with Gasteiger partial charge in [-0.2, -0.15) is 5.26 Å². The Balaban J connectivity index is 1.69. The molecule has 0 bridgehead atoms. The third kappa shape index (κ3) is 3.38. The predicted octanol–water partition coefficient (Wildman–Crippen LogP) is 4.66. The molecule has 3 rings (SSSR count). The smallest absolute Gasteiger partial charge is 0.277 e. The fourth-order valence-electron chi connectivity index (χ4n) is 1.83. The highest BCUT2D eigenvalue weighted by molar-refractivity contribution is 9.10. The number of hydrogen-bond acceptors (Lipinski definition) is 5. The third-order valence-electron chi connectivity index (χ3n) is 2.96. The molecule has 0 fully saturated rings. The molecule has 1 aromatic heterocycles. The molecule has 4 nitrogen and oxygen atoms in total. The second-order valence-corrected chi connectivity index (χ2v) is 6.23. The van der Waals surface area contributed by atoms with Gasteiger partial charge in [-0.05, 0) is 45.8 Å². The average molecular weight is 372 g/mol. The van der Waals surface area contributed by atoms with Crippen LogP contribution >= 0.6 is 27.7 Å². The van der Waals surface area contributed by atoms with Crippen molar-refractivity contribution >= 4 is 27.7 Å². The standard InChI is InChI=1S/C16H10BrN3OS/c17-14-4-2-1-3-13(14)15-19-20-16(21-15)22-10-12-7-5-11(9-18)6-8-12/h1-8H,10H2. The van der Waals surface area contributed by atoms with E-state index in [4.69, 9.17) is 9.68 Å². The van der Waals surface area contributed by atoms with E-state index in [9.17, 15) is 0 Å². The van der Waals surface area contributed by atoms with E-state index in [1.165, 1.54) is 11.8 Å². The minimum Gasteiger partial charge on any atom is -0.411 e. The van der Waals surface area contributed by atoms with E-state index in [0.29, 0.717) is 22.4 Å². The maximum absolute atomic E-state index is 8.78. The highest BCUT2D eigenvalue weighted by Crippen LogP contribution is 2.29. The van der Waals surface area contributed by atoms with Crippen LogP contribution in [0.25, 0.3) is 11.5 Å². The van der Waals surface area contributed by atoms with Crippen molar-refractivity contribution in [1.82, 2.24) is 10.2 Å². The van der Waals surface area contributed by atoms with Crippen molar-refractivity contribution in [3.63, 3.8) is 0 Å². The van der Waals surface area contributed by atoms with Gasteiger partial charge < -0.3 is 4.42 Å². The fourth-order valence-corrected chi connectivity index (χ4v) is 3.01. The minimum absolute atomic E-state index is 0.495. The Morgan fingerprint density at radius 2 is 1.86 bits per heavy atom. The van der Waals surface area contributed by atoms with E-state index in [1.54, 1.807) is 12.1 Å². The molecule has 0 amide bonds. The molecule has 0 saturated carbocycles. The van der Waals surface area contributed by atoms with E-state index >= 15 is 0 Å². The van der Waals surface area contributed by atoms with E-state index < -0.39 is 0 Å². The molecule has 0 aliphatic heterocycles. The summed E-state index contributed by atoms with van der Waals surface area (Å²) < 4.78 is 6.59. The molecular weight excluding hydrogens is 362 g/mol. The van der Waals surface area contributed by atoms with Crippen LogP contribution in [0.2, 0.25) is 0 Å². The van der Waals surface area contributed by atoms with E-state index in [2.05, 4.69) is 32.2 Å². The first kappa shape index (κ1) is 14.8. The summed E-state index contributed by atoms with van der Waals surface area (Å²) >= 11 is 4.94. The summed E-state index contributed by atoms with van der Waals surface area (Å²) in [7, 11) is 0. The molecule has 0 unspecified atom stereocenters. The van der Waals surface area contributed by atoms with Gasteiger partial charge in [0.25, 0.3) is 5.22 Å². The zero-order chi connectivity index (χ0) is 15.4. The van der Waals surface area contributed by atoms with Gasteiger partial charge in [-0.25, -0.2) is 0 Å². The number of halogens is 1. The summed E-state index contributed by atoms with van der Waals surface area (Å²) in [6.07, 6.45) is 0. The number of rotatable bonds is 4. The van der Waals surface area contributed by atoms with E-state index in [1.807, 2.05) is 36.4 Å². The number of nitriles is 1. The summed E-state index contributed by atoms with van der Waals surface area (Å²) in [6, 6.07) is 17.3. The SMILES string of the molecule is N#Cc1ccc(CSc2nnc(-c3ccccc3Br)o2)cc1. The van der Waals surface area contributed by atoms with Gasteiger partial charge >= 0.3 is 0 Å². The Morgan fingerprint density at radius 1 is 1.09 bits per heavy atom. The predicted molar refractivity (Wildman–Crippen MR) is 88.2 cm³/mol. The van der Waals surface area contributed by atoms with Gasteiger partial charge in [-0.3, -0.25) is 0 Å². The summed E-state index contributed by atoms with van der Waals surface area (Å²) in [5.74, 6) is 1.21. The molecule has 0 N–H and O–H groups in total. The first-order valence-corrected chi connectivity index (χ1v) is 8.24. The van der Waals surface area contributed by atoms with E-state index in [0.717, 1.165) is 15.6 Å². The van der Waals surface area contributed by atoms with Crippen LogP contribution in [-0.2, 0) is 5.75 Å². The van der Waals surface area contributed by atoms with Crippen molar-refractivity contribution in [2.45, 2.75) is 11.0 Å². The normalized spacial score (nSPS) is 10.4. The summed E-state index contributed by atoms with van der Waals surface area (Å²) in [5.41, 5.74) is 2.63. The second-order valence-electron chi connectivity index (χ2n) is 4.45. The van der Waals surface area contributed by atoms with Gasteiger partial charge in [0.05, 0.1) is 17.2 Å². The molecule has 0 aliphatic rings. The number of aromatic nitrogens is 2. The van der Waals surface area contributed by atoms with Gasteiger partial charge in [0.1, 0.15) is 0 Å². The van der Waals surface area contributed by atoms with Crippen molar-refractivity contribution < 1.29 is 4.42 Å². The lowest BCUT2D eigenvalue weighted by molar-refractivity contribution is 0.465. The maximum Gasteiger partial charge on any atom is 0.277 e. The van der Waals surface area contributed by atoms with Gasteiger partial charge in [0, 0.05) is 10.2 Å². The summed E-state index contributed by atoms with van der Waals surface area (Å²) in [6.45, 7) is 0. The lowest BCUT2D eigenvalue weighted by Crippen LogP contribution is -1.81. The molecule has 22 heavy (non-hydrogen) atoms. The van der Waals surface area contributed by atoms with Crippen LogP contribution in [-0.4, -0.2) is 10.2 Å². The van der Waals surface area contributed by atoms with Crippen LogP contribution in [0.5, 0.6) is 0 Å². The van der Waals surface area contributed by atoms with Crippen molar-refractivity contribution in [1.29, 1.82) is 5.26 Å². The van der Waals surface area contributed by atoms with Crippen molar-refractivity contribution in [3.05, 3.63) is 64.1 Å². The Labute approximate surface area is 140 Å². The topological polar surface area (TPSA) is 62.7 Å². The zero-order valence-corrected chi connectivity index (χ0v) is 13.8. The van der Waals surface area contributed by atoms with Crippen LogP contribution in [0, 0.1) is 11.3 Å². The largest absolute Gasteiger partial charge is 0.411 e. The Hall–Kier alpha value is -2.10. The molecule has 1 heterocycles. The maximum atomic E-state index is 8.78. The second kappa shape index (κ2) is 6.77. The van der Waals surface area contributed by atoms with Crippen molar-refractivity contribution in [2.75, 3.05) is 0 Å². The van der Waals surface area contributed by atoms with Gasteiger partial charge in [0.2, 0.25) is 5.89 Å². The first-order valence-electron chi connectivity index (χ1n) is 6.46. The molecule has 0 atom stereocenters. The number of thioether (sulfide) groups is 1. The summed E-state index contributed by atoms with van der Waals surface area (Å²) in [4.78, 5) is 0. The third-order valence-corrected chi connectivity index (χ3v) is 4.54. The minimum atomic E-state index is 0.495. The molecule has 6 heteroatoms. The van der Waals surface area contributed by atoms with Gasteiger partial charge in [-0.15, -0.1) is 10.2 Å². The lowest BCUT2D eigenvalue weighted by Gasteiger charge is -1.99. The lowest BCUT2D eigenvalue weighted by atomic mass is 10.2. The van der Waals surface area contributed by atoms with Crippen LogP contribution < -0.4 is 0 Å². The average Bonchev–Trinajstić information content (AvgIpc) is 3.02. The molecule has 0 radical (unpaired) electrons. The molecule has 3 aromatic rings. The quantitative estimate of drug-likeness (QED) is 0.623. The van der Waals surface area contributed by atoms with Crippen molar-refractivity contribution in [2.24, 2.45) is 0 Å². The molecule has 0 aliphatic carbocycles. The first-order chi connectivity index (χ1) is 10.8. The number of benzene rings is 2. The van der Waals surface area contributed by atoms with Crippen molar-refractivity contribution in [3.8, 4) is 17.5 Å². The van der Waals surface area contributed by atoms with Gasteiger partial charge in [-0.1, -0.05) is 36.0 Å². The molecule has 0 saturated heterocycles. The number of hydrogen-bond donors (Lipinski definition) is 0. The number of nitrogens with zero attached hydrogens (tertiary/aromatic N) is 3. The fraction of sp³-hybridized carbons (Fsp3) is 0.0625. The van der Waals surface area contributed by atoms with Crippen LogP contribution in [0.3, 0.4) is 0 Å². The van der Waals surface area contributed by atoms with Crippen LogP contribution in [0.1, 0.15) is 11.1 Å². The highest BCUT2D eigenvalue weighted by Gasteiger charge is 2.11. The molecular formula is C16H10BrN3OS. The monoisotopic (exact) mass is 371 g/mol. The van der Waals surface area contributed by atoms with E-state index in [-0.39, 0.29) is 0 Å². The van der Waals surface area contributed by atoms with Gasteiger partial charge in [0.15, 0.2) is 0 Å². The molecule has 0 spiro atoms. The summed E-state index contributed by atoms with van der Waals surface area (Å²) in [5, 5.41) is 17.4. The molecule has 2 aromatic carbocycles. The van der Waals surface area contributed by atoms with Crippen LogP contribution in [0.4, 0.5) is 0 Å². The van der Waals surface area contributed by atoms with Crippen LogP contribution in [0.15, 0.2) is 62.6 Å². The zero-order valence-electron chi connectivity index (χ0n) is 11.4. The molecule has 108 valence electrons. The Morgan fingerprint density at radius 3 is 2.59 bits per heavy atom. The Bertz CT molecular complexity index is 824.